The van der Waals surface area contributed by atoms with Crippen LogP contribution >= 0.6 is 22.6 Å². The molecule has 1 amide bonds. The molecule has 1 aromatic heterocycles. The summed E-state index contributed by atoms with van der Waals surface area (Å²) < 4.78 is 7.02. The van der Waals surface area contributed by atoms with Crippen LogP contribution in [0.5, 0.6) is 0 Å². The van der Waals surface area contributed by atoms with Crippen LogP contribution in [0.3, 0.4) is 0 Å². The molecule has 24 heavy (non-hydrogen) atoms. The molecule has 0 radical (unpaired) electrons. The fraction of sp³-hybridized carbons (Fsp3) is 0.263. The van der Waals surface area contributed by atoms with Gasteiger partial charge in [-0.2, -0.15) is 0 Å². The first kappa shape index (κ1) is 15.6. The van der Waals surface area contributed by atoms with Gasteiger partial charge in [0, 0.05) is 28.1 Å². The molecule has 5 heteroatoms. The lowest BCUT2D eigenvalue weighted by Crippen LogP contribution is -2.37. The molecule has 2 heterocycles. The van der Waals surface area contributed by atoms with E-state index in [0.29, 0.717) is 0 Å². The Hall–Kier alpha value is -1.89. The molecule has 1 aliphatic rings. The van der Waals surface area contributed by atoms with Gasteiger partial charge in [-0.3, -0.25) is 4.79 Å². The molecular weight excluding hydrogens is 415 g/mol. The maximum Gasteiger partial charge on any atom is 0.253 e. The normalized spacial score (nSPS) is 15.8. The van der Waals surface area contributed by atoms with Crippen molar-refractivity contribution in [2.24, 2.45) is 0 Å². The van der Waals surface area contributed by atoms with Gasteiger partial charge in [0.25, 0.3) is 5.91 Å². The summed E-state index contributed by atoms with van der Waals surface area (Å²) in [7, 11) is 0. The van der Waals surface area contributed by atoms with Crippen LogP contribution in [0.25, 0.3) is 11.1 Å². The number of halogens is 1. The number of para-hydroxylation sites is 2. The van der Waals surface area contributed by atoms with E-state index in [1.807, 2.05) is 53.4 Å². The number of carbonyl (C=O) groups excluding carboxylic acids is 1. The highest BCUT2D eigenvalue weighted by Gasteiger charge is 2.27. The van der Waals surface area contributed by atoms with Crippen molar-refractivity contribution >= 4 is 39.6 Å². The van der Waals surface area contributed by atoms with Crippen molar-refractivity contribution in [1.82, 2.24) is 9.88 Å². The third-order valence-electron chi connectivity index (χ3n) is 4.53. The number of hydrogen-bond donors (Lipinski definition) is 0. The summed E-state index contributed by atoms with van der Waals surface area (Å²) in [4.78, 5) is 19.1. The van der Waals surface area contributed by atoms with Crippen molar-refractivity contribution in [2.75, 3.05) is 13.1 Å². The van der Waals surface area contributed by atoms with Gasteiger partial charge in [0.1, 0.15) is 5.52 Å². The topological polar surface area (TPSA) is 46.3 Å². The zero-order chi connectivity index (χ0) is 16.5. The van der Waals surface area contributed by atoms with Gasteiger partial charge < -0.3 is 9.32 Å². The Kier molecular flexibility index (Phi) is 4.26. The average molecular weight is 432 g/mol. The van der Waals surface area contributed by atoms with Crippen LogP contribution in [0.1, 0.15) is 35.0 Å². The second-order valence-corrected chi connectivity index (χ2v) is 7.34. The largest absolute Gasteiger partial charge is 0.440 e. The molecular formula is C19H17IN2O2. The van der Waals surface area contributed by atoms with E-state index in [9.17, 15) is 4.79 Å². The molecule has 0 N–H and O–H groups in total. The summed E-state index contributed by atoms with van der Waals surface area (Å²) in [5.41, 5.74) is 2.51. The lowest BCUT2D eigenvalue weighted by molar-refractivity contribution is 0.0706. The molecule has 0 aliphatic carbocycles. The Labute approximate surface area is 154 Å². The number of hydrogen-bond acceptors (Lipinski definition) is 3. The van der Waals surface area contributed by atoms with E-state index in [4.69, 9.17) is 4.42 Å². The van der Waals surface area contributed by atoms with Crippen LogP contribution in [0.2, 0.25) is 0 Å². The number of carbonyl (C=O) groups is 1. The Morgan fingerprint density at radius 3 is 2.50 bits per heavy atom. The van der Waals surface area contributed by atoms with E-state index in [1.54, 1.807) is 0 Å². The first-order valence-electron chi connectivity index (χ1n) is 8.11. The van der Waals surface area contributed by atoms with Crippen molar-refractivity contribution in [1.29, 1.82) is 0 Å². The van der Waals surface area contributed by atoms with Gasteiger partial charge in [0.05, 0.1) is 0 Å². The SMILES string of the molecule is O=C(c1ccc(I)cc1)N1CCC(c2nc3ccccc3o2)CC1. The van der Waals surface area contributed by atoms with Crippen LogP contribution in [0, 0.1) is 3.57 Å². The molecule has 4 nitrogen and oxygen atoms in total. The molecule has 2 aromatic carbocycles. The number of amides is 1. The van der Waals surface area contributed by atoms with Gasteiger partial charge >= 0.3 is 0 Å². The second kappa shape index (κ2) is 6.55. The minimum absolute atomic E-state index is 0.113. The Morgan fingerprint density at radius 2 is 1.79 bits per heavy atom. The highest BCUT2D eigenvalue weighted by Crippen LogP contribution is 2.30. The van der Waals surface area contributed by atoms with Crippen molar-refractivity contribution in [3.8, 4) is 0 Å². The lowest BCUT2D eigenvalue weighted by Gasteiger charge is -2.30. The molecule has 0 spiro atoms. The van der Waals surface area contributed by atoms with E-state index in [0.717, 1.165) is 52.1 Å². The van der Waals surface area contributed by atoms with Crippen LogP contribution in [-0.4, -0.2) is 28.9 Å². The first-order chi connectivity index (χ1) is 11.7. The molecule has 1 saturated heterocycles. The molecule has 0 bridgehead atoms. The van der Waals surface area contributed by atoms with Crippen LogP contribution in [-0.2, 0) is 0 Å². The fourth-order valence-corrected chi connectivity index (χ4v) is 3.53. The Balaban J connectivity index is 1.44. The van der Waals surface area contributed by atoms with Gasteiger partial charge in [-0.25, -0.2) is 4.98 Å². The first-order valence-corrected chi connectivity index (χ1v) is 9.19. The van der Waals surface area contributed by atoms with Crippen molar-refractivity contribution < 1.29 is 9.21 Å². The smallest absolute Gasteiger partial charge is 0.253 e. The van der Waals surface area contributed by atoms with Gasteiger partial charge in [-0.15, -0.1) is 0 Å². The molecule has 122 valence electrons. The number of nitrogens with zero attached hydrogens (tertiary/aromatic N) is 2. The molecule has 0 atom stereocenters. The Bertz CT molecular complexity index is 831. The lowest BCUT2D eigenvalue weighted by atomic mass is 9.96. The number of piperidine rings is 1. The van der Waals surface area contributed by atoms with E-state index >= 15 is 0 Å². The summed E-state index contributed by atoms with van der Waals surface area (Å²) in [6, 6.07) is 15.6. The van der Waals surface area contributed by atoms with Crippen LogP contribution in [0.4, 0.5) is 0 Å². The minimum Gasteiger partial charge on any atom is -0.440 e. The summed E-state index contributed by atoms with van der Waals surface area (Å²) in [6.07, 6.45) is 1.78. The van der Waals surface area contributed by atoms with Crippen LogP contribution in [0.15, 0.2) is 52.9 Å². The maximum atomic E-state index is 12.6. The predicted molar refractivity (Wildman–Crippen MR) is 101 cm³/mol. The number of fused-ring (bicyclic) bond motifs is 1. The third-order valence-corrected chi connectivity index (χ3v) is 5.25. The van der Waals surface area contributed by atoms with Crippen LogP contribution < -0.4 is 0 Å². The Morgan fingerprint density at radius 1 is 1.08 bits per heavy atom. The predicted octanol–water partition coefficient (Wildman–Crippen LogP) is 4.45. The number of likely N-dealkylation sites (tertiary alicyclic amines) is 1. The monoisotopic (exact) mass is 432 g/mol. The zero-order valence-electron chi connectivity index (χ0n) is 13.1. The van der Waals surface area contributed by atoms with E-state index in [1.165, 1.54) is 0 Å². The molecule has 1 aliphatic heterocycles. The van der Waals surface area contributed by atoms with Gasteiger partial charge in [-0.1, -0.05) is 12.1 Å². The zero-order valence-corrected chi connectivity index (χ0v) is 15.3. The summed E-state index contributed by atoms with van der Waals surface area (Å²) >= 11 is 2.25. The third kappa shape index (κ3) is 3.05. The molecule has 3 aromatic rings. The van der Waals surface area contributed by atoms with Gasteiger partial charge in [0.2, 0.25) is 0 Å². The van der Waals surface area contributed by atoms with Crippen molar-refractivity contribution in [3.05, 3.63) is 63.6 Å². The molecule has 1 fully saturated rings. The fourth-order valence-electron chi connectivity index (χ4n) is 3.17. The molecule has 4 rings (SSSR count). The highest BCUT2D eigenvalue weighted by molar-refractivity contribution is 14.1. The number of aromatic nitrogens is 1. The van der Waals surface area contributed by atoms with E-state index < -0.39 is 0 Å². The maximum absolute atomic E-state index is 12.6. The number of oxazole rings is 1. The number of benzene rings is 2. The number of rotatable bonds is 2. The van der Waals surface area contributed by atoms with E-state index in [2.05, 4.69) is 27.6 Å². The standard InChI is InChI=1S/C19H17IN2O2/c20-15-7-5-14(6-8-15)19(23)22-11-9-13(10-12-22)18-21-16-3-1-2-4-17(16)24-18/h1-8,13H,9-12H2. The minimum atomic E-state index is 0.113. The summed E-state index contributed by atoms with van der Waals surface area (Å²) in [6.45, 7) is 1.49. The average Bonchev–Trinajstić information content (AvgIpc) is 3.06. The molecule has 0 unspecified atom stereocenters. The highest BCUT2D eigenvalue weighted by atomic mass is 127. The second-order valence-electron chi connectivity index (χ2n) is 6.09. The van der Waals surface area contributed by atoms with E-state index in [-0.39, 0.29) is 11.8 Å². The summed E-state index contributed by atoms with van der Waals surface area (Å²) in [5.74, 6) is 1.21. The summed E-state index contributed by atoms with van der Waals surface area (Å²) in [5, 5.41) is 0. The molecule has 0 saturated carbocycles. The van der Waals surface area contributed by atoms with Crippen molar-refractivity contribution in [3.63, 3.8) is 0 Å². The van der Waals surface area contributed by atoms with Crippen molar-refractivity contribution in [2.45, 2.75) is 18.8 Å². The quantitative estimate of drug-likeness (QED) is 0.563. The van der Waals surface area contributed by atoms with Gasteiger partial charge in [0.15, 0.2) is 11.5 Å². The van der Waals surface area contributed by atoms with Gasteiger partial charge in [-0.05, 0) is 71.8 Å².